The average Bonchev–Trinajstić information content (AvgIpc) is 2.30. The van der Waals surface area contributed by atoms with E-state index in [1.54, 1.807) is 6.92 Å². The van der Waals surface area contributed by atoms with Gasteiger partial charge in [0.1, 0.15) is 0 Å². The Morgan fingerprint density at radius 2 is 1.50 bits per heavy atom. The van der Waals surface area contributed by atoms with Crippen LogP contribution in [0.15, 0.2) is 0 Å². The number of ether oxygens (including phenoxy) is 2. The first kappa shape index (κ1) is 17.6. The molecule has 0 aromatic rings. The third kappa shape index (κ3) is 13.6. The van der Waals surface area contributed by atoms with Crippen molar-refractivity contribution < 1.29 is 14.3 Å². The largest absolute Gasteiger partial charge is 0.509 e. The van der Waals surface area contributed by atoms with E-state index in [4.69, 9.17) is 16.3 Å². The molecule has 0 saturated heterocycles. The van der Waals surface area contributed by atoms with Crippen LogP contribution in [0.4, 0.5) is 4.79 Å². The van der Waals surface area contributed by atoms with Crippen molar-refractivity contribution >= 4 is 17.8 Å². The maximum absolute atomic E-state index is 11.0. The lowest BCUT2D eigenvalue weighted by Gasteiger charge is -2.07. The van der Waals surface area contributed by atoms with Crippen molar-refractivity contribution in [2.45, 2.75) is 77.2 Å². The second-order valence-electron chi connectivity index (χ2n) is 4.59. The first-order chi connectivity index (χ1) is 8.66. The molecule has 18 heavy (non-hydrogen) atoms. The van der Waals surface area contributed by atoms with Crippen molar-refractivity contribution in [2.75, 3.05) is 6.61 Å². The molecule has 0 aliphatic rings. The summed E-state index contributed by atoms with van der Waals surface area (Å²) in [6.45, 7) is 4.25. The van der Waals surface area contributed by atoms with Gasteiger partial charge >= 0.3 is 6.16 Å². The normalized spacial score (nSPS) is 12.2. The molecule has 0 fully saturated rings. The van der Waals surface area contributed by atoms with Crippen LogP contribution in [-0.4, -0.2) is 18.3 Å². The van der Waals surface area contributed by atoms with Crippen LogP contribution in [0.3, 0.4) is 0 Å². The predicted octanol–water partition coefficient (Wildman–Crippen LogP) is 5.26. The van der Waals surface area contributed by atoms with Crippen molar-refractivity contribution in [3.05, 3.63) is 0 Å². The van der Waals surface area contributed by atoms with Crippen LogP contribution in [0, 0.1) is 0 Å². The lowest BCUT2D eigenvalue weighted by molar-refractivity contribution is 0.0486. The molecule has 0 N–H and O–H groups in total. The summed E-state index contributed by atoms with van der Waals surface area (Å²) in [5.41, 5.74) is -0.624. The summed E-state index contributed by atoms with van der Waals surface area (Å²) < 4.78 is 9.50. The van der Waals surface area contributed by atoms with E-state index < -0.39 is 11.7 Å². The van der Waals surface area contributed by atoms with Crippen LogP contribution in [0.2, 0.25) is 0 Å². The van der Waals surface area contributed by atoms with Gasteiger partial charge in [-0.25, -0.2) is 4.79 Å². The molecule has 0 radical (unpaired) electrons. The zero-order valence-corrected chi connectivity index (χ0v) is 12.5. The lowest BCUT2D eigenvalue weighted by Crippen LogP contribution is -2.12. The highest BCUT2D eigenvalue weighted by Crippen LogP contribution is 2.09. The number of unbranched alkanes of at least 4 members (excludes halogenated alkanes) is 8. The molecule has 0 aromatic heterocycles. The summed E-state index contributed by atoms with van der Waals surface area (Å²) >= 11 is 5.48. The number of alkyl halides is 1. The monoisotopic (exact) mass is 278 g/mol. The predicted molar refractivity (Wildman–Crippen MR) is 75.0 cm³/mol. The molecule has 0 amide bonds. The minimum absolute atomic E-state index is 0.429. The van der Waals surface area contributed by atoms with Crippen LogP contribution in [0.1, 0.15) is 71.6 Å². The van der Waals surface area contributed by atoms with E-state index in [1.807, 2.05) is 0 Å². The Bertz CT molecular complexity index is 195. The number of carbonyl (C=O) groups is 1. The van der Waals surface area contributed by atoms with Gasteiger partial charge in [-0.15, -0.1) is 0 Å². The van der Waals surface area contributed by atoms with Gasteiger partial charge in [0.25, 0.3) is 0 Å². The van der Waals surface area contributed by atoms with Crippen molar-refractivity contribution in [1.29, 1.82) is 0 Å². The fourth-order valence-electron chi connectivity index (χ4n) is 1.73. The second-order valence-corrected chi connectivity index (χ2v) is 5.20. The van der Waals surface area contributed by atoms with E-state index in [2.05, 4.69) is 11.7 Å². The van der Waals surface area contributed by atoms with Gasteiger partial charge in [0.15, 0.2) is 5.56 Å². The van der Waals surface area contributed by atoms with E-state index in [-0.39, 0.29) is 0 Å². The van der Waals surface area contributed by atoms with Gasteiger partial charge in [-0.05, 0) is 13.3 Å². The highest BCUT2D eigenvalue weighted by atomic mass is 35.5. The number of carbonyl (C=O) groups excluding carboxylic acids is 1. The summed E-state index contributed by atoms with van der Waals surface area (Å²) in [5.74, 6) is 0. The molecule has 0 saturated carbocycles. The average molecular weight is 279 g/mol. The molecule has 1 atom stereocenters. The quantitative estimate of drug-likeness (QED) is 0.294. The molecule has 0 rings (SSSR count). The Kier molecular flexibility index (Phi) is 12.7. The Morgan fingerprint density at radius 3 is 2.00 bits per heavy atom. The molecular weight excluding hydrogens is 252 g/mol. The minimum Gasteiger partial charge on any atom is -0.434 e. The molecule has 0 aliphatic heterocycles. The lowest BCUT2D eigenvalue weighted by atomic mass is 10.1. The molecule has 0 spiro atoms. The fourth-order valence-corrected chi connectivity index (χ4v) is 1.81. The van der Waals surface area contributed by atoms with E-state index in [0.29, 0.717) is 6.61 Å². The third-order valence-electron chi connectivity index (χ3n) is 2.73. The molecule has 0 bridgehead atoms. The molecule has 108 valence electrons. The molecule has 0 heterocycles. The van der Waals surface area contributed by atoms with E-state index in [0.717, 1.165) is 12.8 Å². The Balaban J connectivity index is 3.09. The van der Waals surface area contributed by atoms with Gasteiger partial charge in [-0.3, -0.25) is 0 Å². The molecule has 4 heteroatoms. The molecule has 3 nitrogen and oxygen atoms in total. The second kappa shape index (κ2) is 13.0. The summed E-state index contributed by atoms with van der Waals surface area (Å²) in [4.78, 5) is 11.0. The standard InChI is InChI=1S/C14H27ClO3/c1-3-4-5-6-7-8-9-10-11-12-17-14(16)18-13(2)15/h13H,3-12H2,1-2H3. The first-order valence-corrected chi connectivity index (χ1v) is 7.58. The fraction of sp³-hybridized carbons (Fsp3) is 0.929. The van der Waals surface area contributed by atoms with Crippen LogP contribution < -0.4 is 0 Å². The molecule has 0 aliphatic carbocycles. The summed E-state index contributed by atoms with van der Waals surface area (Å²) in [6, 6.07) is 0. The topological polar surface area (TPSA) is 35.5 Å². The van der Waals surface area contributed by atoms with Gasteiger partial charge in [0.2, 0.25) is 0 Å². The van der Waals surface area contributed by atoms with Crippen LogP contribution in [-0.2, 0) is 9.47 Å². The highest BCUT2D eigenvalue weighted by molar-refractivity contribution is 6.19. The van der Waals surface area contributed by atoms with Gasteiger partial charge in [0.05, 0.1) is 6.61 Å². The van der Waals surface area contributed by atoms with Crippen molar-refractivity contribution in [3.8, 4) is 0 Å². The van der Waals surface area contributed by atoms with Crippen LogP contribution >= 0.6 is 11.6 Å². The van der Waals surface area contributed by atoms with Crippen LogP contribution in [0.25, 0.3) is 0 Å². The zero-order chi connectivity index (χ0) is 13.6. The number of hydrogen-bond acceptors (Lipinski definition) is 3. The summed E-state index contributed by atoms with van der Waals surface area (Å²) in [7, 11) is 0. The van der Waals surface area contributed by atoms with Gasteiger partial charge in [-0.1, -0.05) is 69.9 Å². The Labute approximate surface area is 116 Å². The molecule has 0 aromatic carbocycles. The van der Waals surface area contributed by atoms with E-state index in [9.17, 15) is 4.79 Å². The smallest absolute Gasteiger partial charge is 0.434 e. The van der Waals surface area contributed by atoms with Crippen LogP contribution in [0.5, 0.6) is 0 Å². The summed E-state index contributed by atoms with van der Waals surface area (Å²) in [5, 5.41) is 0. The van der Waals surface area contributed by atoms with Gasteiger partial charge in [-0.2, -0.15) is 0 Å². The SMILES string of the molecule is CCCCCCCCCCCOC(=O)OC(C)Cl. The molecule has 1 unspecified atom stereocenters. The van der Waals surface area contributed by atoms with Crippen molar-refractivity contribution in [2.24, 2.45) is 0 Å². The van der Waals surface area contributed by atoms with Crippen molar-refractivity contribution in [1.82, 2.24) is 0 Å². The van der Waals surface area contributed by atoms with Crippen molar-refractivity contribution in [3.63, 3.8) is 0 Å². The molecular formula is C14H27ClO3. The maximum atomic E-state index is 11.0. The highest BCUT2D eigenvalue weighted by Gasteiger charge is 2.06. The Morgan fingerprint density at radius 1 is 1.00 bits per heavy atom. The Hall–Kier alpha value is -0.440. The number of rotatable bonds is 11. The van der Waals surface area contributed by atoms with Gasteiger partial charge < -0.3 is 9.47 Å². The minimum atomic E-state index is -0.669. The van der Waals surface area contributed by atoms with E-state index in [1.165, 1.54) is 44.9 Å². The number of halogens is 1. The number of hydrogen-bond donors (Lipinski definition) is 0. The van der Waals surface area contributed by atoms with Gasteiger partial charge in [0, 0.05) is 0 Å². The third-order valence-corrected chi connectivity index (χ3v) is 2.82. The zero-order valence-electron chi connectivity index (χ0n) is 11.8. The first-order valence-electron chi connectivity index (χ1n) is 7.14. The van der Waals surface area contributed by atoms with E-state index >= 15 is 0 Å². The summed E-state index contributed by atoms with van der Waals surface area (Å²) in [6.07, 6.45) is 10.5. The maximum Gasteiger partial charge on any atom is 0.509 e.